The van der Waals surface area contributed by atoms with Crippen molar-refractivity contribution in [3.8, 4) is 5.75 Å². The number of alkyl halides is 3. The molecular formula is C19H17ClF3N3O5S. The Bertz CT molecular complexity index is 1130. The van der Waals surface area contributed by atoms with Gasteiger partial charge in [0, 0.05) is 37.3 Å². The van der Waals surface area contributed by atoms with Crippen LogP contribution in [0.2, 0.25) is 5.02 Å². The van der Waals surface area contributed by atoms with E-state index in [2.05, 4.69) is 9.28 Å². The van der Waals surface area contributed by atoms with Gasteiger partial charge in [-0.3, -0.25) is 9.59 Å². The topological polar surface area (TPSA) is 96.3 Å². The molecule has 0 radical (unpaired) electrons. The van der Waals surface area contributed by atoms with E-state index in [1.807, 2.05) is 0 Å². The molecule has 0 bridgehead atoms. The Labute approximate surface area is 186 Å². The van der Waals surface area contributed by atoms with Gasteiger partial charge in [-0.25, -0.2) is 5.01 Å². The summed E-state index contributed by atoms with van der Waals surface area (Å²) in [6.07, 6.45) is 0. The Morgan fingerprint density at radius 1 is 0.906 bits per heavy atom. The average Bonchev–Trinajstić information content (AvgIpc) is 2.71. The maximum Gasteiger partial charge on any atom is 0.534 e. The highest BCUT2D eigenvalue weighted by Crippen LogP contribution is 2.27. The highest BCUT2D eigenvalue weighted by molar-refractivity contribution is 7.88. The number of hydrogen-bond acceptors (Lipinski definition) is 6. The molecule has 0 unspecified atom stereocenters. The molecule has 0 saturated carbocycles. The van der Waals surface area contributed by atoms with E-state index < -0.39 is 33.2 Å². The minimum absolute atomic E-state index is 0.161. The maximum absolute atomic E-state index is 12.5. The molecule has 0 N–H and O–H groups in total. The van der Waals surface area contributed by atoms with Gasteiger partial charge in [0.25, 0.3) is 0 Å². The fraction of sp³-hybridized carbons (Fsp3) is 0.211. The number of nitrogens with zero attached hydrogens (tertiary/aromatic N) is 3. The van der Waals surface area contributed by atoms with Crippen molar-refractivity contribution in [3.05, 3.63) is 64.7 Å². The first-order valence-electron chi connectivity index (χ1n) is 8.68. The van der Waals surface area contributed by atoms with Crippen LogP contribution in [0.4, 0.5) is 13.2 Å². The SMILES string of the molecule is CN(C)C(=O)C(=O)N(C)/N=C(\c1ccc(Cl)cc1)c1ccc(OS(=O)(=O)C(F)(F)F)cc1. The molecular weight excluding hydrogens is 475 g/mol. The second-order valence-electron chi connectivity index (χ2n) is 6.49. The molecule has 0 spiro atoms. The van der Waals surface area contributed by atoms with E-state index in [1.165, 1.54) is 33.3 Å². The van der Waals surface area contributed by atoms with Gasteiger partial charge in [-0.2, -0.15) is 26.7 Å². The van der Waals surface area contributed by atoms with Crippen LogP contribution >= 0.6 is 11.6 Å². The van der Waals surface area contributed by atoms with Crippen molar-refractivity contribution in [2.24, 2.45) is 5.10 Å². The second kappa shape index (κ2) is 9.57. The van der Waals surface area contributed by atoms with Crippen molar-refractivity contribution in [2.45, 2.75) is 5.51 Å². The van der Waals surface area contributed by atoms with Crippen molar-refractivity contribution in [1.29, 1.82) is 0 Å². The molecule has 2 aromatic rings. The van der Waals surface area contributed by atoms with Crippen LogP contribution in [-0.2, 0) is 19.7 Å². The van der Waals surface area contributed by atoms with Crippen molar-refractivity contribution in [3.63, 3.8) is 0 Å². The zero-order valence-electron chi connectivity index (χ0n) is 16.9. The van der Waals surface area contributed by atoms with Crippen molar-refractivity contribution < 1.29 is 35.4 Å². The van der Waals surface area contributed by atoms with Crippen LogP contribution in [0.3, 0.4) is 0 Å². The first-order chi connectivity index (χ1) is 14.7. The minimum atomic E-state index is -5.83. The van der Waals surface area contributed by atoms with Gasteiger partial charge in [0.1, 0.15) is 5.75 Å². The molecule has 8 nitrogen and oxygen atoms in total. The molecule has 0 aromatic heterocycles. The molecule has 2 amide bonds. The fourth-order valence-corrected chi connectivity index (χ4v) is 2.84. The predicted molar refractivity (Wildman–Crippen MR) is 111 cm³/mol. The summed E-state index contributed by atoms with van der Waals surface area (Å²) in [7, 11) is -1.78. The molecule has 0 heterocycles. The van der Waals surface area contributed by atoms with Crippen LogP contribution < -0.4 is 4.18 Å². The summed E-state index contributed by atoms with van der Waals surface area (Å²) in [4.78, 5) is 25.3. The third-order valence-corrected chi connectivity index (χ3v) is 5.10. The van der Waals surface area contributed by atoms with Crippen LogP contribution in [0.1, 0.15) is 11.1 Å². The number of benzene rings is 2. The lowest BCUT2D eigenvalue weighted by Crippen LogP contribution is -2.38. The first-order valence-corrected chi connectivity index (χ1v) is 10.5. The fourth-order valence-electron chi connectivity index (χ4n) is 2.26. The highest BCUT2D eigenvalue weighted by atomic mass is 35.5. The zero-order chi connectivity index (χ0) is 24.3. The molecule has 0 aliphatic heterocycles. The lowest BCUT2D eigenvalue weighted by atomic mass is 10.0. The van der Waals surface area contributed by atoms with Crippen LogP contribution in [0.5, 0.6) is 5.75 Å². The molecule has 0 saturated heterocycles. The lowest BCUT2D eigenvalue weighted by Gasteiger charge is -2.17. The van der Waals surface area contributed by atoms with Crippen LogP contribution in [0.25, 0.3) is 0 Å². The van der Waals surface area contributed by atoms with E-state index in [0.717, 1.165) is 22.0 Å². The van der Waals surface area contributed by atoms with Gasteiger partial charge >= 0.3 is 27.4 Å². The summed E-state index contributed by atoms with van der Waals surface area (Å²) < 4.78 is 63.9. The maximum atomic E-state index is 12.5. The van der Waals surface area contributed by atoms with E-state index >= 15 is 0 Å². The van der Waals surface area contributed by atoms with Gasteiger partial charge < -0.3 is 9.08 Å². The van der Waals surface area contributed by atoms with E-state index in [1.54, 1.807) is 24.3 Å². The van der Waals surface area contributed by atoms with Crippen LogP contribution in [0, 0.1) is 0 Å². The number of amides is 2. The molecule has 2 aromatic carbocycles. The van der Waals surface area contributed by atoms with Gasteiger partial charge in [-0.15, -0.1) is 0 Å². The molecule has 32 heavy (non-hydrogen) atoms. The lowest BCUT2D eigenvalue weighted by molar-refractivity contribution is -0.149. The van der Waals surface area contributed by atoms with Crippen molar-refractivity contribution in [1.82, 2.24) is 9.91 Å². The van der Waals surface area contributed by atoms with Crippen LogP contribution in [-0.4, -0.2) is 62.5 Å². The summed E-state index contributed by atoms with van der Waals surface area (Å²) in [5.74, 6) is -2.33. The summed E-state index contributed by atoms with van der Waals surface area (Å²) >= 11 is 5.89. The number of rotatable bonds is 5. The quantitative estimate of drug-likeness (QED) is 0.211. The molecule has 172 valence electrons. The Hall–Kier alpha value is -3.12. The molecule has 2 rings (SSSR count). The number of hydrazone groups is 1. The third-order valence-electron chi connectivity index (χ3n) is 3.87. The molecule has 0 atom stereocenters. The van der Waals surface area contributed by atoms with E-state index in [9.17, 15) is 31.2 Å². The number of carbonyl (C=O) groups excluding carboxylic acids is 2. The smallest absolute Gasteiger partial charge is 0.376 e. The largest absolute Gasteiger partial charge is 0.534 e. The normalized spacial score (nSPS) is 12.3. The summed E-state index contributed by atoms with van der Waals surface area (Å²) in [6.45, 7) is 0. The first kappa shape index (κ1) is 25.1. The second-order valence-corrected chi connectivity index (χ2v) is 8.47. The number of halogens is 4. The van der Waals surface area contributed by atoms with Gasteiger partial charge in [-0.1, -0.05) is 23.7 Å². The standard InChI is InChI=1S/C19H17ClF3N3O5S/c1-25(2)17(27)18(28)26(3)24-16(12-4-8-14(20)9-5-12)13-6-10-15(11-7-13)31-32(29,30)19(21,22)23/h4-11H,1-3H3/b24-16+. The van der Waals surface area contributed by atoms with Crippen molar-refractivity contribution in [2.75, 3.05) is 21.1 Å². The van der Waals surface area contributed by atoms with Gasteiger partial charge in [0.05, 0.1) is 5.71 Å². The number of likely N-dealkylation sites (N-methyl/N-ethyl adjacent to an activating group) is 2. The highest BCUT2D eigenvalue weighted by Gasteiger charge is 2.48. The Kier molecular flexibility index (Phi) is 7.52. The average molecular weight is 492 g/mol. The zero-order valence-corrected chi connectivity index (χ0v) is 18.5. The molecule has 0 aliphatic carbocycles. The minimum Gasteiger partial charge on any atom is -0.376 e. The van der Waals surface area contributed by atoms with Crippen LogP contribution in [0.15, 0.2) is 53.6 Å². The molecule has 0 aliphatic rings. The van der Waals surface area contributed by atoms with E-state index in [-0.39, 0.29) is 5.71 Å². The molecule has 0 fully saturated rings. The summed E-state index contributed by atoms with van der Waals surface area (Å²) in [6, 6.07) is 10.7. The Morgan fingerprint density at radius 2 is 1.38 bits per heavy atom. The van der Waals surface area contributed by atoms with Gasteiger partial charge in [0.2, 0.25) is 0 Å². The van der Waals surface area contributed by atoms with E-state index in [0.29, 0.717) is 16.1 Å². The van der Waals surface area contributed by atoms with Gasteiger partial charge in [0.15, 0.2) is 0 Å². The monoisotopic (exact) mass is 491 g/mol. The van der Waals surface area contributed by atoms with Crippen molar-refractivity contribution >= 4 is 39.2 Å². The predicted octanol–water partition coefficient (Wildman–Crippen LogP) is 2.87. The Morgan fingerprint density at radius 3 is 1.81 bits per heavy atom. The summed E-state index contributed by atoms with van der Waals surface area (Å²) in [5, 5.41) is 5.39. The number of hydrogen-bond donors (Lipinski definition) is 0. The van der Waals surface area contributed by atoms with E-state index in [4.69, 9.17) is 11.6 Å². The molecule has 13 heteroatoms. The third kappa shape index (κ3) is 5.98. The summed E-state index contributed by atoms with van der Waals surface area (Å²) in [5.41, 5.74) is -4.66. The number of carbonyl (C=O) groups is 2. The van der Waals surface area contributed by atoms with Gasteiger partial charge in [-0.05, 0) is 36.4 Å². The Balaban J connectivity index is 2.46.